The van der Waals surface area contributed by atoms with Crippen LogP contribution < -0.4 is 5.32 Å². The summed E-state index contributed by atoms with van der Waals surface area (Å²) in [5, 5.41) is 2.99. The lowest BCUT2D eigenvalue weighted by Gasteiger charge is -2.34. The fourth-order valence-corrected chi connectivity index (χ4v) is 2.48. The van der Waals surface area contributed by atoms with Crippen molar-refractivity contribution in [2.24, 2.45) is 0 Å². The number of amides is 2. The molecule has 0 spiro atoms. The molecule has 0 bridgehead atoms. The van der Waals surface area contributed by atoms with Crippen molar-refractivity contribution in [1.29, 1.82) is 0 Å². The summed E-state index contributed by atoms with van der Waals surface area (Å²) in [5.74, 6) is -0.481. The highest BCUT2D eigenvalue weighted by Gasteiger charge is 2.22. The highest BCUT2D eigenvalue weighted by Crippen LogP contribution is 2.16. The van der Waals surface area contributed by atoms with E-state index in [0.29, 0.717) is 37.4 Å². The summed E-state index contributed by atoms with van der Waals surface area (Å²) in [4.78, 5) is 38.7. The molecule has 2 amide bonds. The summed E-state index contributed by atoms with van der Waals surface area (Å²) in [6.07, 6.45) is 0. The number of carbonyl (C=O) groups is 3. The number of benzene rings is 1. The first-order valence-corrected chi connectivity index (χ1v) is 7.47. The van der Waals surface area contributed by atoms with Crippen LogP contribution in [-0.2, 0) is 14.3 Å². The number of para-hydroxylation sites is 1. The molecule has 1 heterocycles. The molecule has 0 radical (unpaired) electrons. The van der Waals surface area contributed by atoms with Crippen LogP contribution in [0.4, 0.5) is 5.69 Å². The number of ether oxygens (including phenoxy) is 1. The van der Waals surface area contributed by atoms with Crippen molar-refractivity contribution in [3.63, 3.8) is 0 Å². The van der Waals surface area contributed by atoms with Crippen LogP contribution in [-0.4, -0.2) is 67.4 Å². The summed E-state index contributed by atoms with van der Waals surface area (Å²) in [6, 6.07) is 6.89. The normalized spacial score (nSPS) is 14.3. The molecule has 7 heteroatoms. The Morgan fingerprint density at radius 1 is 1.09 bits per heavy atom. The second kappa shape index (κ2) is 7.62. The lowest BCUT2D eigenvalue weighted by molar-refractivity contribution is -0.137. The first-order chi connectivity index (χ1) is 11.0. The number of carbonyl (C=O) groups excluding carboxylic acids is 3. The predicted octanol–water partition coefficient (Wildman–Crippen LogP) is 0.576. The minimum absolute atomic E-state index is 0.0298. The van der Waals surface area contributed by atoms with Gasteiger partial charge in [0.25, 0.3) is 0 Å². The van der Waals surface area contributed by atoms with Crippen LogP contribution in [0.25, 0.3) is 0 Å². The molecule has 0 aliphatic carbocycles. The van der Waals surface area contributed by atoms with E-state index in [1.807, 2.05) is 0 Å². The Balaban J connectivity index is 1.91. The number of nitrogens with zero attached hydrogens (tertiary/aromatic N) is 2. The van der Waals surface area contributed by atoms with Gasteiger partial charge in [-0.3, -0.25) is 9.59 Å². The summed E-state index contributed by atoms with van der Waals surface area (Å²) in [5.41, 5.74) is 0.958. The van der Waals surface area contributed by atoms with Gasteiger partial charge in [0.1, 0.15) is 0 Å². The van der Waals surface area contributed by atoms with Gasteiger partial charge < -0.3 is 19.9 Å². The maximum Gasteiger partial charge on any atom is 0.339 e. The van der Waals surface area contributed by atoms with Gasteiger partial charge in [-0.15, -0.1) is 0 Å². The van der Waals surface area contributed by atoms with Gasteiger partial charge in [-0.1, -0.05) is 12.1 Å². The Bertz CT molecular complexity index is 595. The third kappa shape index (κ3) is 4.21. The molecule has 0 atom stereocenters. The second-order valence-corrected chi connectivity index (χ2v) is 5.28. The molecule has 7 nitrogen and oxygen atoms in total. The summed E-state index contributed by atoms with van der Waals surface area (Å²) in [6.45, 7) is 3.79. The zero-order valence-electron chi connectivity index (χ0n) is 13.4. The lowest BCUT2D eigenvalue weighted by atomic mass is 10.2. The zero-order chi connectivity index (χ0) is 16.8. The summed E-state index contributed by atoms with van der Waals surface area (Å²) >= 11 is 0. The van der Waals surface area contributed by atoms with E-state index in [9.17, 15) is 14.4 Å². The van der Waals surface area contributed by atoms with Crippen molar-refractivity contribution < 1.29 is 19.1 Å². The first-order valence-electron chi connectivity index (χ1n) is 7.47. The zero-order valence-corrected chi connectivity index (χ0v) is 13.4. The van der Waals surface area contributed by atoms with Gasteiger partial charge in [0.2, 0.25) is 11.8 Å². The van der Waals surface area contributed by atoms with Crippen molar-refractivity contribution in [2.45, 2.75) is 6.92 Å². The molecule has 1 aromatic rings. The number of hydrogen-bond acceptors (Lipinski definition) is 5. The van der Waals surface area contributed by atoms with Crippen LogP contribution in [0.3, 0.4) is 0 Å². The van der Waals surface area contributed by atoms with Crippen molar-refractivity contribution >= 4 is 23.5 Å². The third-order valence-electron chi connectivity index (χ3n) is 3.84. The Morgan fingerprint density at radius 2 is 1.70 bits per heavy atom. The Labute approximate surface area is 135 Å². The van der Waals surface area contributed by atoms with Gasteiger partial charge in [0, 0.05) is 38.8 Å². The van der Waals surface area contributed by atoms with Crippen molar-refractivity contribution in [3.8, 4) is 0 Å². The van der Waals surface area contributed by atoms with E-state index in [1.165, 1.54) is 14.0 Å². The van der Waals surface area contributed by atoms with Crippen LogP contribution in [0.1, 0.15) is 17.3 Å². The quantitative estimate of drug-likeness (QED) is 0.821. The average molecular weight is 319 g/mol. The van der Waals surface area contributed by atoms with E-state index in [2.05, 4.69) is 5.32 Å². The van der Waals surface area contributed by atoms with Gasteiger partial charge in [-0.25, -0.2) is 4.79 Å². The van der Waals surface area contributed by atoms with Gasteiger partial charge in [-0.2, -0.15) is 0 Å². The molecule has 1 aliphatic rings. The largest absolute Gasteiger partial charge is 0.465 e. The molecule has 124 valence electrons. The second-order valence-electron chi connectivity index (χ2n) is 5.28. The Kier molecular flexibility index (Phi) is 5.56. The van der Waals surface area contributed by atoms with Crippen LogP contribution >= 0.6 is 0 Å². The molecule has 1 N–H and O–H groups in total. The fourth-order valence-electron chi connectivity index (χ4n) is 2.48. The fraction of sp³-hybridized carbons (Fsp3) is 0.438. The van der Waals surface area contributed by atoms with E-state index in [-0.39, 0.29) is 18.4 Å². The van der Waals surface area contributed by atoms with E-state index in [4.69, 9.17) is 4.74 Å². The minimum Gasteiger partial charge on any atom is -0.465 e. The number of esters is 1. The molecule has 2 rings (SSSR count). The van der Waals surface area contributed by atoms with E-state index in [0.717, 1.165) is 0 Å². The van der Waals surface area contributed by atoms with Crippen LogP contribution in [0.5, 0.6) is 0 Å². The van der Waals surface area contributed by atoms with Crippen LogP contribution in [0.2, 0.25) is 0 Å². The number of nitrogens with one attached hydrogen (secondary N) is 1. The Morgan fingerprint density at radius 3 is 2.30 bits per heavy atom. The smallest absolute Gasteiger partial charge is 0.339 e. The topological polar surface area (TPSA) is 79.0 Å². The molecule has 0 aromatic heterocycles. The average Bonchev–Trinajstić information content (AvgIpc) is 2.59. The third-order valence-corrected chi connectivity index (χ3v) is 3.84. The number of anilines is 1. The predicted molar refractivity (Wildman–Crippen MR) is 85.1 cm³/mol. The SMILES string of the molecule is COC(=O)c1ccccc1NCC(=O)N1CCN(C(C)=O)CC1. The molecule has 0 unspecified atom stereocenters. The van der Waals surface area contributed by atoms with E-state index >= 15 is 0 Å². The van der Waals surface area contributed by atoms with Crippen molar-refractivity contribution in [3.05, 3.63) is 29.8 Å². The first kappa shape index (κ1) is 16.8. The maximum absolute atomic E-state index is 12.2. The molecule has 23 heavy (non-hydrogen) atoms. The number of methoxy groups -OCH3 is 1. The molecule has 0 saturated carbocycles. The van der Waals surface area contributed by atoms with Gasteiger partial charge in [0.15, 0.2) is 0 Å². The standard InChI is InChI=1S/C16H21N3O4/c1-12(20)18-7-9-19(10-8-18)15(21)11-17-14-6-4-3-5-13(14)16(22)23-2/h3-6,17H,7-11H2,1-2H3. The molecular weight excluding hydrogens is 298 g/mol. The highest BCUT2D eigenvalue weighted by molar-refractivity contribution is 5.96. The molecular formula is C16H21N3O4. The monoisotopic (exact) mass is 319 g/mol. The van der Waals surface area contributed by atoms with Gasteiger partial charge >= 0.3 is 5.97 Å². The Hall–Kier alpha value is -2.57. The molecule has 1 saturated heterocycles. The number of rotatable bonds is 4. The summed E-state index contributed by atoms with van der Waals surface area (Å²) < 4.78 is 4.72. The van der Waals surface area contributed by atoms with Crippen molar-refractivity contribution in [2.75, 3.05) is 45.2 Å². The molecule has 1 aliphatic heterocycles. The van der Waals surface area contributed by atoms with Gasteiger partial charge in [-0.05, 0) is 12.1 Å². The van der Waals surface area contributed by atoms with Crippen LogP contribution in [0, 0.1) is 0 Å². The molecule has 1 fully saturated rings. The van der Waals surface area contributed by atoms with Gasteiger partial charge in [0.05, 0.1) is 19.2 Å². The van der Waals surface area contributed by atoms with Crippen LogP contribution in [0.15, 0.2) is 24.3 Å². The number of hydrogen-bond donors (Lipinski definition) is 1. The summed E-state index contributed by atoms with van der Waals surface area (Å²) in [7, 11) is 1.32. The minimum atomic E-state index is -0.448. The molecule has 1 aromatic carbocycles. The highest BCUT2D eigenvalue weighted by atomic mass is 16.5. The van der Waals surface area contributed by atoms with E-state index < -0.39 is 5.97 Å². The number of piperazine rings is 1. The van der Waals surface area contributed by atoms with E-state index in [1.54, 1.807) is 34.1 Å². The lowest BCUT2D eigenvalue weighted by Crippen LogP contribution is -2.51. The maximum atomic E-state index is 12.2. The van der Waals surface area contributed by atoms with Crippen molar-refractivity contribution in [1.82, 2.24) is 9.80 Å².